The molecule has 0 aliphatic carbocycles. The van der Waals surface area contributed by atoms with Crippen LogP contribution in [-0.4, -0.2) is 61.1 Å². The molecule has 4 bridgehead atoms. The predicted molar refractivity (Wildman–Crippen MR) is 158 cm³/mol. The lowest BCUT2D eigenvalue weighted by molar-refractivity contribution is -0.274. The van der Waals surface area contributed by atoms with Gasteiger partial charge in [-0.1, -0.05) is 36.4 Å². The Bertz CT molecular complexity index is 1390. The number of rotatable bonds is 4. The minimum atomic E-state index is -4.73. The standard InChI is InChI=1S/C30H38B3F3O7/c1-24(2)27(7)18-23(29(9)26(5,6)40-33(43-29)32(39-24)41-27)28(8)25(3,4)38-31(42-28)21-14-10-19(11-15-21)20-12-16-22(17-13-20)37-30(34,35)36/h10-17,23H,18H2,1-9H3. The third-order valence-electron chi connectivity index (χ3n) is 10.7. The first kappa shape index (κ1) is 31.0. The van der Waals surface area contributed by atoms with E-state index in [4.69, 9.17) is 27.9 Å². The van der Waals surface area contributed by atoms with Crippen LogP contribution < -0.4 is 10.2 Å². The lowest BCUT2D eigenvalue weighted by Crippen LogP contribution is -2.66. The van der Waals surface area contributed by atoms with Gasteiger partial charge in [-0.2, -0.15) is 0 Å². The Kier molecular flexibility index (Phi) is 6.85. The normalized spacial score (nSPS) is 34.3. The number of fused-ring (bicyclic) bond motifs is 5. The van der Waals surface area contributed by atoms with Crippen molar-refractivity contribution < 1.29 is 45.8 Å². The number of hydrogen-bond acceptors (Lipinski definition) is 7. The Balaban J connectivity index is 1.30. The van der Waals surface area contributed by atoms with E-state index in [1.165, 1.54) is 12.1 Å². The highest BCUT2D eigenvalue weighted by molar-refractivity contribution is 7.11. The number of benzene rings is 2. The molecule has 0 saturated carbocycles. The van der Waals surface area contributed by atoms with Gasteiger partial charge >= 0.3 is 27.5 Å². The zero-order valence-corrected chi connectivity index (χ0v) is 26.1. The number of hydrogen-bond donors (Lipinski definition) is 0. The van der Waals surface area contributed by atoms with Gasteiger partial charge in [-0.05, 0) is 97.5 Å². The van der Waals surface area contributed by atoms with Crippen LogP contribution in [0.4, 0.5) is 13.2 Å². The van der Waals surface area contributed by atoms with Crippen molar-refractivity contribution in [3.8, 4) is 16.9 Å². The first-order valence-corrected chi connectivity index (χ1v) is 14.7. The monoisotopic (exact) mass is 600 g/mol. The van der Waals surface area contributed by atoms with Gasteiger partial charge in [0.1, 0.15) is 5.75 Å². The van der Waals surface area contributed by atoms with Crippen molar-refractivity contribution in [1.29, 1.82) is 0 Å². The van der Waals surface area contributed by atoms with Gasteiger partial charge in [-0.3, -0.25) is 0 Å². The van der Waals surface area contributed by atoms with Crippen LogP contribution in [0.15, 0.2) is 48.5 Å². The molecule has 6 rings (SSSR count). The average Bonchev–Trinajstić information content (AvgIpc) is 3.40. The molecule has 0 radical (unpaired) electrons. The van der Waals surface area contributed by atoms with E-state index in [1.54, 1.807) is 12.1 Å². The minimum Gasteiger partial charge on any atom is -0.406 e. The molecule has 13 heteroatoms. The molecule has 2 aromatic carbocycles. The second kappa shape index (κ2) is 9.50. The highest BCUT2D eigenvalue weighted by Crippen LogP contribution is 2.59. The fourth-order valence-corrected chi connectivity index (χ4v) is 7.07. The maximum atomic E-state index is 12.5. The molecule has 4 unspecified atom stereocenters. The highest BCUT2D eigenvalue weighted by atomic mass is 19.4. The maximum Gasteiger partial charge on any atom is 0.573 e. The third kappa shape index (κ3) is 4.86. The summed E-state index contributed by atoms with van der Waals surface area (Å²) >= 11 is 0. The van der Waals surface area contributed by atoms with Gasteiger partial charge in [0.15, 0.2) is 0 Å². The van der Waals surface area contributed by atoms with E-state index in [-0.39, 0.29) is 11.7 Å². The number of halogens is 3. The summed E-state index contributed by atoms with van der Waals surface area (Å²) in [6, 6.07) is 13.4. The minimum absolute atomic E-state index is 0.233. The molecule has 0 amide bonds. The smallest absolute Gasteiger partial charge is 0.406 e. The Morgan fingerprint density at radius 1 is 0.628 bits per heavy atom. The molecule has 43 heavy (non-hydrogen) atoms. The Morgan fingerprint density at radius 2 is 1.12 bits per heavy atom. The van der Waals surface area contributed by atoms with E-state index >= 15 is 0 Å². The van der Waals surface area contributed by atoms with Crippen LogP contribution in [-0.2, 0) is 27.9 Å². The molecule has 4 aliphatic heterocycles. The van der Waals surface area contributed by atoms with Gasteiger partial charge in [-0.25, -0.2) is 0 Å². The second-order valence-electron chi connectivity index (χ2n) is 14.2. The molecule has 0 spiro atoms. The Hall–Kier alpha value is -2.02. The molecule has 4 atom stereocenters. The summed E-state index contributed by atoms with van der Waals surface area (Å²) in [7, 11) is -1.99. The van der Waals surface area contributed by atoms with Crippen molar-refractivity contribution in [3.05, 3.63) is 48.5 Å². The van der Waals surface area contributed by atoms with Crippen molar-refractivity contribution in [2.75, 3.05) is 0 Å². The van der Waals surface area contributed by atoms with Crippen LogP contribution in [0.5, 0.6) is 5.75 Å². The summed E-state index contributed by atoms with van der Waals surface area (Å²) in [5, 5.41) is 0. The maximum absolute atomic E-state index is 12.5. The molecule has 4 fully saturated rings. The van der Waals surface area contributed by atoms with E-state index in [0.717, 1.165) is 16.6 Å². The summed E-state index contributed by atoms with van der Waals surface area (Å²) in [5.74, 6) is -0.498. The van der Waals surface area contributed by atoms with Gasteiger partial charge in [0.2, 0.25) is 0 Å². The molecule has 0 aromatic heterocycles. The van der Waals surface area contributed by atoms with E-state index < -0.39 is 61.1 Å². The van der Waals surface area contributed by atoms with E-state index in [1.807, 2.05) is 65.8 Å². The molecule has 0 N–H and O–H groups in total. The van der Waals surface area contributed by atoms with Gasteiger partial charge in [0.25, 0.3) is 0 Å². The van der Waals surface area contributed by atoms with Crippen LogP contribution in [0.25, 0.3) is 11.1 Å². The van der Waals surface area contributed by atoms with Crippen molar-refractivity contribution >= 4 is 26.6 Å². The van der Waals surface area contributed by atoms with Crippen LogP contribution >= 0.6 is 0 Å². The van der Waals surface area contributed by atoms with Crippen molar-refractivity contribution in [1.82, 2.24) is 0 Å². The Labute approximate surface area is 252 Å². The summed E-state index contributed by atoms with van der Waals surface area (Å²) < 4.78 is 81.3. The molecule has 230 valence electrons. The molecule has 2 aromatic rings. The molecule has 4 saturated heterocycles. The highest BCUT2D eigenvalue weighted by Gasteiger charge is 2.75. The largest absolute Gasteiger partial charge is 0.573 e. The van der Waals surface area contributed by atoms with Gasteiger partial charge in [-0.15, -0.1) is 13.2 Å². The summed E-state index contributed by atoms with van der Waals surface area (Å²) in [6.07, 6.45) is -4.15. The molecular formula is C30H38B3F3O7. The third-order valence-corrected chi connectivity index (χ3v) is 10.7. The fraction of sp³-hybridized carbons (Fsp3) is 0.600. The molecular weight excluding hydrogens is 562 g/mol. The summed E-state index contributed by atoms with van der Waals surface area (Å²) in [6.45, 7) is 18.5. The average molecular weight is 600 g/mol. The van der Waals surface area contributed by atoms with Crippen LogP contribution in [0, 0.1) is 5.92 Å². The fourth-order valence-electron chi connectivity index (χ4n) is 7.07. The molecule has 4 aliphatic rings. The first-order chi connectivity index (χ1) is 19.7. The molecule has 4 heterocycles. The predicted octanol–water partition coefficient (Wildman–Crippen LogP) is 5.77. The lowest BCUT2D eigenvalue weighted by Gasteiger charge is -2.55. The summed E-state index contributed by atoms with van der Waals surface area (Å²) in [4.78, 5) is 0. The molecule has 7 nitrogen and oxygen atoms in total. The van der Waals surface area contributed by atoms with Crippen LogP contribution in [0.1, 0.15) is 68.7 Å². The van der Waals surface area contributed by atoms with Gasteiger partial charge in [0.05, 0.1) is 33.6 Å². The first-order valence-electron chi connectivity index (χ1n) is 14.7. The second-order valence-corrected chi connectivity index (χ2v) is 14.2. The van der Waals surface area contributed by atoms with Gasteiger partial charge < -0.3 is 32.7 Å². The van der Waals surface area contributed by atoms with Crippen molar-refractivity contribution in [2.45, 2.75) is 109 Å². The van der Waals surface area contributed by atoms with E-state index in [2.05, 4.69) is 25.5 Å². The van der Waals surface area contributed by atoms with Crippen LogP contribution in [0.2, 0.25) is 0 Å². The van der Waals surface area contributed by atoms with Crippen molar-refractivity contribution in [3.63, 3.8) is 0 Å². The number of ether oxygens (including phenoxy) is 1. The zero-order valence-electron chi connectivity index (χ0n) is 26.1. The van der Waals surface area contributed by atoms with E-state index in [0.29, 0.717) is 6.42 Å². The summed E-state index contributed by atoms with van der Waals surface area (Å²) in [5.41, 5.74) is -1.85. The number of alkyl halides is 3. The van der Waals surface area contributed by atoms with Gasteiger partial charge in [0, 0.05) is 5.92 Å². The SMILES string of the molecule is CC1(C)OB2OC1(C)CC(C1(C)OB(c3ccc(-c4ccc(OC(F)(F)F)cc4)cc3)OC1(C)C)C1(C)OB2OC1(C)C. The topological polar surface area (TPSA) is 64.6 Å². The zero-order chi connectivity index (χ0) is 31.4. The lowest BCUT2D eigenvalue weighted by atomic mass is 9.48. The van der Waals surface area contributed by atoms with Crippen molar-refractivity contribution in [2.24, 2.45) is 5.92 Å². The Morgan fingerprint density at radius 3 is 1.70 bits per heavy atom. The van der Waals surface area contributed by atoms with Crippen LogP contribution in [0.3, 0.4) is 0 Å². The van der Waals surface area contributed by atoms with E-state index in [9.17, 15) is 13.2 Å². The quantitative estimate of drug-likeness (QED) is 0.413.